The third-order valence-electron chi connectivity index (χ3n) is 5.06. The summed E-state index contributed by atoms with van der Waals surface area (Å²) in [4.78, 5) is 16.0. The van der Waals surface area contributed by atoms with Crippen molar-refractivity contribution < 1.29 is 22.7 Å². The van der Waals surface area contributed by atoms with E-state index in [-0.39, 0.29) is 17.9 Å². The van der Waals surface area contributed by atoms with Gasteiger partial charge < -0.3 is 10.1 Å². The van der Waals surface area contributed by atoms with Crippen LogP contribution in [-0.2, 0) is 18.0 Å². The summed E-state index contributed by atoms with van der Waals surface area (Å²) in [5.41, 5.74) is 0.900. The fraction of sp³-hybridized carbons (Fsp3) is 0.350. The summed E-state index contributed by atoms with van der Waals surface area (Å²) in [7, 11) is 1.77. The van der Waals surface area contributed by atoms with E-state index in [4.69, 9.17) is 4.74 Å². The van der Waals surface area contributed by atoms with Crippen molar-refractivity contribution in [3.05, 3.63) is 42.1 Å². The zero-order valence-electron chi connectivity index (χ0n) is 15.8. The highest BCUT2D eigenvalue weighted by Crippen LogP contribution is 2.33. The monoisotopic (exact) mass is 404 g/mol. The number of amides is 1. The summed E-state index contributed by atoms with van der Waals surface area (Å²) in [6, 6.07) is 6.53. The van der Waals surface area contributed by atoms with Crippen molar-refractivity contribution in [2.75, 3.05) is 6.54 Å². The smallest absolute Gasteiger partial charge is 0.416 e. The molecule has 0 saturated carbocycles. The number of pyridine rings is 1. The third kappa shape index (κ3) is 3.90. The van der Waals surface area contributed by atoms with Crippen LogP contribution >= 0.6 is 0 Å². The van der Waals surface area contributed by atoms with Crippen molar-refractivity contribution in [2.24, 2.45) is 13.0 Å². The number of rotatable bonds is 4. The van der Waals surface area contributed by atoms with E-state index in [2.05, 4.69) is 15.4 Å². The molecule has 3 heterocycles. The lowest BCUT2D eigenvalue weighted by molar-refractivity contribution is -0.137. The minimum atomic E-state index is -4.40. The van der Waals surface area contributed by atoms with Crippen LogP contribution in [0.2, 0.25) is 0 Å². The maximum atomic E-state index is 12.8. The Bertz CT molecular complexity index is 1060. The van der Waals surface area contributed by atoms with Crippen LogP contribution in [0.5, 0.6) is 5.88 Å². The fourth-order valence-electron chi connectivity index (χ4n) is 3.41. The number of nitrogens with one attached hydrogen (secondary N) is 1. The number of alkyl halides is 3. The van der Waals surface area contributed by atoms with Crippen LogP contribution in [0.25, 0.3) is 22.2 Å². The molecule has 1 saturated heterocycles. The Morgan fingerprint density at radius 1 is 1.28 bits per heavy atom. The second kappa shape index (κ2) is 7.06. The average molecular weight is 404 g/mol. The van der Waals surface area contributed by atoms with Gasteiger partial charge in [0.05, 0.1) is 22.2 Å². The molecule has 0 aliphatic carbocycles. The van der Waals surface area contributed by atoms with Crippen LogP contribution in [-0.4, -0.2) is 33.3 Å². The second-order valence-corrected chi connectivity index (χ2v) is 7.21. The molecular formula is C20H19F3N4O2. The topological polar surface area (TPSA) is 69.0 Å². The second-order valence-electron chi connectivity index (χ2n) is 7.21. The van der Waals surface area contributed by atoms with E-state index < -0.39 is 11.7 Å². The predicted octanol–water partition coefficient (Wildman–Crippen LogP) is 3.56. The van der Waals surface area contributed by atoms with E-state index in [1.54, 1.807) is 24.0 Å². The number of aryl methyl sites for hydroxylation is 1. The van der Waals surface area contributed by atoms with Crippen LogP contribution in [0.1, 0.15) is 18.9 Å². The molecule has 4 rings (SSSR count). The molecule has 1 aromatic carbocycles. The normalized spacial score (nSPS) is 18.1. The third-order valence-corrected chi connectivity index (χ3v) is 5.06. The summed E-state index contributed by atoms with van der Waals surface area (Å²) in [6.45, 7) is 2.41. The number of fused-ring (bicyclic) bond motifs is 1. The number of hydrogen-bond acceptors (Lipinski definition) is 4. The fourth-order valence-corrected chi connectivity index (χ4v) is 3.41. The molecule has 29 heavy (non-hydrogen) atoms. The van der Waals surface area contributed by atoms with Crippen molar-refractivity contribution in [1.82, 2.24) is 20.1 Å². The Hall–Kier alpha value is -3.10. The van der Waals surface area contributed by atoms with Gasteiger partial charge in [0.1, 0.15) is 6.10 Å². The number of carbonyl (C=O) groups excluding carboxylic acids is 1. The van der Waals surface area contributed by atoms with Gasteiger partial charge in [-0.15, -0.1) is 0 Å². The van der Waals surface area contributed by atoms with Gasteiger partial charge in [-0.05, 0) is 25.1 Å². The Kier molecular flexibility index (Phi) is 4.68. The first-order valence-electron chi connectivity index (χ1n) is 9.16. The zero-order chi connectivity index (χ0) is 20.8. The van der Waals surface area contributed by atoms with Gasteiger partial charge in [0.25, 0.3) is 0 Å². The minimum Gasteiger partial charge on any atom is -0.474 e. The standard InChI is InChI=1S/C20H19F3N4O2/c1-11(13-7-18(28)24-9-13)29-19-15-10-27(2)26-17(15)8-16(25-19)12-3-5-14(6-4-12)20(21,22)23/h3-6,8,10-11,13H,7,9H2,1-2H3,(H,24,28). The van der Waals surface area contributed by atoms with Crippen LogP contribution in [0.4, 0.5) is 13.2 Å². The van der Waals surface area contributed by atoms with Crippen molar-refractivity contribution >= 4 is 16.8 Å². The summed E-state index contributed by atoms with van der Waals surface area (Å²) < 4.78 is 46.2. The number of benzene rings is 1. The first kappa shape index (κ1) is 19.2. The van der Waals surface area contributed by atoms with E-state index in [1.807, 2.05) is 6.92 Å². The van der Waals surface area contributed by atoms with E-state index in [9.17, 15) is 18.0 Å². The average Bonchev–Trinajstić information content (AvgIpc) is 3.26. The molecule has 6 nitrogen and oxygen atoms in total. The van der Waals surface area contributed by atoms with Crippen LogP contribution in [0.15, 0.2) is 36.5 Å². The first-order valence-corrected chi connectivity index (χ1v) is 9.16. The molecule has 3 aromatic rings. The molecule has 0 radical (unpaired) electrons. The molecule has 152 valence electrons. The lowest BCUT2D eigenvalue weighted by atomic mass is 10.0. The number of nitrogens with zero attached hydrogens (tertiary/aromatic N) is 3. The maximum absolute atomic E-state index is 12.8. The van der Waals surface area contributed by atoms with Gasteiger partial charge in [0.2, 0.25) is 11.8 Å². The summed E-state index contributed by atoms with van der Waals surface area (Å²) in [5, 5.41) is 7.87. The molecule has 1 aliphatic heterocycles. The predicted molar refractivity (Wildman–Crippen MR) is 100 cm³/mol. The number of halogens is 3. The zero-order valence-corrected chi connectivity index (χ0v) is 15.8. The molecule has 1 fully saturated rings. The van der Waals surface area contributed by atoms with Gasteiger partial charge in [0, 0.05) is 37.7 Å². The number of ether oxygens (including phenoxy) is 1. The van der Waals surface area contributed by atoms with Gasteiger partial charge in [-0.3, -0.25) is 9.48 Å². The Morgan fingerprint density at radius 3 is 2.62 bits per heavy atom. The molecule has 1 amide bonds. The van der Waals surface area contributed by atoms with Gasteiger partial charge in [-0.1, -0.05) is 12.1 Å². The van der Waals surface area contributed by atoms with E-state index >= 15 is 0 Å². The molecule has 9 heteroatoms. The lowest BCUT2D eigenvalue weighted by Gasteiger charge is -2.19. The molecular weight excluding hydrogens is 385 g/mol. The summed E-state index contributed by atoms with van der Waals surface area (Å²) in [6.07, 6.45) is -2.50. The van der Waals surface area contributed by atoms with E-state index in [1.165, 1.54) is 12.1 Å². The van der Waals surface area contributed by atoms with Gasteiger partial charge in [-0.2, -0.15) is 18.3 Å². The van der Waals surface area contributed by atoms with Crippen molar-refractivity contribution in [2.45, 2.75) is 25.6 Å². The molecule has 0 bridgehead atoms. The summed E-state index contributed by atoms with van der Waals surface area (Å²) >= 11 is 0. The van der Waals surface area contributed by atoms with Crippen molar-refractivity contribution in [1.29, 1.82) is 0 Å². The Labute approximate surface area is 164 Å². The van der Waals surface area contributed by atoms with E-state index in [0.717, 1.165) is 12.1 Å². The quantitative estimate of drug-likeness (QED) is 0.722. The highest BCUT2D eigenvalue weighted by atomic mass is 19.4. The van der Waals surface area contributed by atoms with Crippen molar-refractivity contribution in [3.63, 3.8) is 0 Å². The van der Waals surface area contributed by atoms with Crippen LogP contribution in [0, 0.1) is 5.92 Å². The summed E-state index contributed by atoms with van der Waals surface area (Å²) in [5.74, 6) is 0.353. The molecule has 1 aliphatic rings. The first-order chi connectivity index (χ1) is 13.7. The Morgan fingerprint density at radius 2 is 2.00 bits per heavy atom. The lowest BCUT2D eigenvalue weighted by Crippen LogP contribution is -2.26. The maximum Gasteiger partial charge on any atom is 0.416 e. The molecule has 1 N–H and O–H groups in total. The van der Waals surface area contributed by atoms with Gasteiger partial charge in [-0.25, -0.2) is 4.98 Å². The molecule has 0 spiro atoms. The highest BCUT2D eigenvalue weighted by Gasteiger charge is 2.30. The SMILES string of the molecule is CC(Oc1nc(-c2ccc(C(F)(F)F)cc2)cc2nn(C)cc12)C1CNC(=O)C1. The van der Waals surface area contributed by atoms with Gasteiger partial charge in [0.15, 0.2) is 0 Å². The van der Waals surface area contributed by atoms with Crippen molar-refractivity contribution in [3.8, 4) is 17.1 Å². The molecule has 2 atom stereocenters. The molecule has 2 unspecified atom stereocenters. The molecule has 2 aromatic heterocycles. The Balaban J connectivity index is 1.70. The number of hydrogen-bond donors (Lipinski definition) is 1. The van der Waals surface area contributed by atoms with Gasteiger partial charge >= 0.3 is 6.18 Å². The number of aromatic nitrogens is 3. The van der Waals surface area contributed by atoms with E-state index in [0.29, 0.717) is 41.0 Å². The van der Waals surface area contributed by atoms with Crippen LogP contribution in [0.3, 0.4) is 0 Å². The highest BCUT2D eigenvalue weighted by molar-refractivity contribution is 5.86. The largest absolute Gasteiger partial charge is 0.474 e. The van der Waals surface area contributed by atoms with Crippen LogP contribution < -0.4 is 10.1 Å². The number of carbonyl (C=O) groups is 1. The minimum absolute atomic E-state index is 0.0107.